The summed E-state index contributed by atoms with van der Waals surface area (Å²) in [5.74, 6) is -3.54. The van der Waals surface area contributed by atoms with Gasteiger partial charge in [0.25, 0.3) is 0 Å². The van der Waals surface area contributed by atoms with Crippen LogP contribution in [0.2, 0.25) is 0 Å². The molecule has 0 spiro atoms. The summed E-state index contributed by atoms with van der Waals surface area (Å²) in [5, 5.41) is 28.3. The third-order valence-electron chi connectivity index (χ3n) is 6.21. The maximum atomic E-state index is 12.0. The standard InChI is InChI=1S/C33H24O8/c1-19(2)33(40)41-27-17-15-23(16-18-27)29(22-7-13-26(14-8-22)32(38)39)28(20-3-9-24(10-4-20)30(34)35)21-5-11-25(12-6-21)31(36)37/h3-18H,1H2,2H3,(H,34,35)(H,36,37)(H,38,39). The van der Waals surface area contributed by atoms with Crippen molar-refractivity contribution >= 4 is 35.0 Å². The number of carbonyl (C=O) groups excluding carboxylic acids is 1. The van der Waals surface area contributed by atoms with Crippen LogP contribution in [0.3, 0.4) is 0 Å². The minimum Gasteiger partial charge on any atom is -0.478 e. The van der Waals surface area contributed by atoms with Gasteiger partial charge in [0.2, 0.25) is 0 Å². The summed E-state index contributed by atoms with van der Waals surface area (Å²) in [6.45, 7) is 5.12. The van der Waals surface area contributed by atoms with Gasteiger partial charge in [0, 0.05) is 5.57 Å². The molecule has 4 aromatic rings. The second-order valence-corrected chi connectivity index (χ2v) is 9.09. The van der Waals surface area contributed by atoms with Crippen molar-refractivity contribution in [2.75, 3.05) is 0 Å². The van der Waals surface area contributed by atoms with Crippen LogP contribution < -0.4 is 4.74 Å². The number of rotatable bonds is 9. The molecule has 0 amide bonds. The lowest BCUT2D eigenvalue weighted by Crippen LogP contribution is -2.08. The van der Waals surface area contributed by atoms with Gasteiger partial charge in [0.1, 0.15) is 5.75 Å². The second kappa shape index (κ2) is 12.0. The van der Waals surface area contributed by atoms with Gasteiger partial charge in [-0.1, -0.05) is 55.1 Å². The summed E-state index contributed by atoms with van der Waals surface area (Å²) in [7, 11) is 0. The summed E-state index contributed by atoms with van der Waals surface area (Å²) in [4.78, 5) is 46.5. The Labute approximate surface area is 235 Å². The Morgan fingerprint density at radius 3 is 0.976 bits per heavy atom. The molecule has 0 aliphatic rings. The molecule has 0 atom stereocenters. The van der Waals surface area contributed by atoms with Crippen molar-refractivity contribution in [3.05, 3.63) is 148 Å². The molecular weight excluding hydrogens is 524 g/mol. The van der Waals surface area contributed by atoms with E-state index in [2.05, 4.69) is 6.58 Å². The normalized spacial score (nSPS) is 10.4. The summed E-state index contributed by atoms with van der Waals surface area (Å²) < 4.78 is 5.33. The Hall–Kier alpha value is -5.76. The van der Waals surface area contributed by atoms with E-state index in [0.717, 1.165) is 0 Å². The highest BCUT2D eigenvalue weighted by Crippen LogP contribution is 2.38. The van der Waals surface area contributed by atoms with Gasteiger partial charge in [-0.3, -0.25) is 0 Å². The molecule has 0 fully saturated rings. The van der Waals surface area contributed by atoms with Gasteiger partial charge in [0.15, 0.2) is 0 Å². The number of ether oxygens (including phenoxy) is 1. The van der Waals surface area contributed by atoms with Gasteiger partial charge in [-0.25, -0.2) is 19.2 Å². The zero-order valence-corrected chi connectivity index (χ0v) is 21.8. The lowest BCUT2D eigenvalue weighted by Gasteiger charge is -2.19. The molecule has 0 heterocycles. The highest BCUT2D eigenvalue weighted by atomic mass is 16.5. The zero-order valence-electron chi connectivity index (χ0n) is 21.8. The molecule has 41 heavy (non-hydrogen) atoms. The van der Waals surface area contributed by atoms with Crippen molar-refractivity contribution in [3.63, 3.8) is 0 Å². The predicted octanol–water partition coefficient (Wildman–Crippen LogP) is 6.27. The molecule has 0 bridgehead atoms. The van der Waals surface area contributed by atoms with Crippen molar-refractivity contribution < 1.29 is 39.2 Å². The third-order valence-corrected chi connectivity index (χ3v) is 6.21. The first-order valence-electron chi connectivity index (χ1n) is 12.3. The van der Waals surface area contributed by atoms with E-state index in [4.69, 9.17) is 4.74 Å². The molecule has 3 N–H and O–H groups in total. The van der Waals surface area contributed by atoms with Crippen molar-refractivity contribution in [3.8, 4) is 5.75 Å². The number of carbonyl (C=O) groups is 4. The van der Waals surface area contributed by atoms with Crippen LogP contribution in [-0.2, 0) is 4.79 Å². The average molecular weight is 549 g/mol. The summed E-state index contributed by atoms with van der Waals surface area (Å²) in [6.07, 6.45) is 0. The van der Waals surface area contributed by atoms with Crippen molar-refractivity contribution in [2.45, 2.75) is 6.92 Å². The SMILES string of the molecule is C=C(C)C(=O)Oc1ccc(C(=C(c2ccc(C(=O)O)cc2)c2ccc(C(=O)O)cc2)c2ccc(C(=O)O)cc2)cc1. The smallest absolute Gasteiger partial charge is 0.338 e. The van der Waals surface area contributed by atoms with Crippen LogP contribution in [0, 0.1) is 0 Å². The van der Waals surface area contributed by atoms with E-state index in [1.54, 1.807) is 60.7 Å². The van der Waals surface area contributed by atoms with Crippen LogP contribution >= 0.6 is 0 Å². The number of aromatic carboxylic acids is 3. The molecular formula is C33H24O8. The van der Waals surface area contributed by atoms with Crippen LogP contribution in [0.4, 0.5) is 0 Å². The summed E-state index contributed by atoms with van der Waals surface area (Å²) in [6, 6.07) is 25.4. The first kappa shape index (κ1) is 28.3. The number of benzene rings is 4. The van der Waals surface area contributed by atoms with E-state index in [0.29, 0.717) is 39.1 Å². The number of hydrogen-bond donors (Lipinski definition) is 3. The largest absolute Gasteiger partial charge is 0.478 e. The fourth-order valence-corrected chi connectivity index (χ4v) is 4.13. The maximum absolute atomic E-state index is 12.0. The Balaban J connectivity index is 2.00. The molecule has 0 saturated heterocycles. The lowest BCUT2D eigenvalue weighted by molar-refractivity contribution is -0.130. The fourth-order valence-electron chi connectivity index (χ4n) is 4.13. The van der Waals surface area contributed by atoms with E-state index in [1.165, 1.54) is 43.3 Å². The molecule has 0 unspecified atom stereocenters. The minimum atomic E-state index is -1.09. The van der Waals surface area contributed by atoms with Crippen molar-refractivity contribution in [1.82, 2.24) is 0 Å². The Kier molecular flexibility index (Phi) is 8.24. The van der Waals surface area contributed by atoms with E-state index in [1.807, 2.05) is 0 Å². The van der Waals surface area contributed by atoms with Gasteiger partial charge in [0.05, 0.1) is 16.7 Å². The highest BCUT2D eigenvalue weighted by molar-refractivity contribution is 6.05. The monoisotopic (exact) mass is 548 g/mol. The highest BCUT2D eigenvalue weighted by Gasteiger charge is 2.19. The van der Waals surface area contributed by atoms with Crippen LogP contribution in [-0.4, -0.2) is 39.2 Å². The Morgan fingerprint density at radius 2 is 0.732 bits per heavy atom. The molecule has 0 saturated carbocycles. The van der Waals surface area contributed by atoms with Crippen LogP contribution in [0.15, 0.2) is 109 Å². The van der Waals surface area contributed by atoms with E-state index in [9.17, 15) is 34.5 Å². The topological polar surface area (TPSA) is 138 Å². The zero-order chi connectivity index (χ0) is 29.7. The first-order valence-corrected chi connectivity index (χ1v) is 12.3. The molecule has 4 rings (SSSR count). The van der Waals surface area contributed by atoms with Gasteiger partial charge in [-0.05, 0) is 88.9 Å². The predicted molar refractivity (Wildman–Crippen MR) is 152 cm³/mol. The van der Waals surface area contributed by atoms with Gasteiger partial charge >= 0.3 is 23.9 Å². The minimum absolute atomic E-state index is 0.0883. The van der Waals surface area contributed by atoms with E-state index in [-0.39, 0.29) is 22.3 Å². The van der Waals surface area contributed by atoms with Crippen LogP contribution in [0.25, 0.3) is 11.1 Å². The second-order valence-electron chi connectivity index (χ2n) is 9.09. The molecule has 0 aliphatic carbocycles. The number of carboxylic acid groups (broad SMARTS) is 3. The van der Waals surface area contributed by atoms with E-state index >= 15 is 0 Å². The van der Waals surface area contributed by atoms with Crippen molar-refractivity contribution in [1.29, 1.82) is 0 Å². The summed E-state index contributed by atoms with van der Waals surface area (Å²) in [5.41, 5.74) is 4.36. The van der Waals surface area contributed by atoms with Crippen LogP contribution in [0.1, 0.15) is 60.3 Å². The molecule has 204 valence electrons. The molecule has 4 aromatic carbocycles. The molecule has 0 radical (unpaired) electrons. The lowest BCUT2D eigenvalue weighted by atomic mass is 9.85. The molecule has 8 nitrogen and oxygen atoms in total. The van der Waals surface area contributed by atoms with Gasteiger partial charge in [-0.2, -0.15) is 0 Å². The first-order chi connectivity index (χ1) is 19.5. The fraction of sp³-hybridized carbons (Fsp3) is 0.0303. The molecule has 8 heteroatoms. The number of carboxylic acids is 3. The summed E-state index contributed by atoms with van der Waals surface area (Å²) >= 11 is 0. The number of esters is 1. The van der Waals surface area contributed by atoms with E-state index < -0.39 is 23.9 Å². The Bertz CT molecular complexity index is 1620. The quantitative estimate of drug-likeness (QED) is 0.0963. The molecule has 0 aromatic heterocycles. The van der Waals surface area contributed by atoms with Crippen LogP contribution in [0.5, 0.6) is 5.75 Å². The average Bonchev–Trinajstić information content (AvgIpc) is 2.96. The van der Waals surface area contributed by atoms with Gasteiger partial charge in [-0.15, -0.1) is 0 Å². The van der Waals surface area contributed by atoms with Crippen molar-refractivity contribution in [2.24, 2.45) is 0 Å². The molecule has 0 aliphatic heterocycles. The third kappa shape index (κ3) is 6.46. The van der Waals surface area contributed by atoms with Gasteiger partial charge < -0.3 is 20.1 Å². The maximum Gasteiger partial charge on any atom is 0.338 e. The Morgan fingerprint density at radius 1 is 0.488 bits per heavy atom. The number of hydrogen-bond acceptors (Lipinski definition) is 5.